The van der Waals surface area contributed by atoms with E-state index in [9.17, 15) is 18.0 Å². The van der Waals surface area contributed by atoms with Crippen LogP contribution in [0.3, 0.4) is 0 Å². The van der Waals surface area contributed by atoms with Crippen LogP contribution < -0.4 is 5.56 Å². The van der Waals surface area contributed by atoms with E-state index in [0.717, 1.165) is 10.9 Å². The third kappa shape index (κ3) is 3.61. The Morgan fingerprint density at radius 1 is 1.07 bits per heavy atom. The molecule has 2 aromatic heterocycles. The number of aromatic nitrogens is 2. The fourth-order valence-corrected chi connectivity index (χ4v) is 5.21. The van der Waals surface area contributed by atoms with Gasteiger partial charge in [-0.3, -0.25) is 14.6 Å². The first-order valence-electron chi connectivity index (χ1n) is 9.59. The Kier molecular flexibility index (Phi) is 5.17. The van der Waals surface area contributed by atoms with Gasteiger partial charge in [-0.05, 0) is 30.7 Å². The van der Waals surface area contributed by atoms with Gasteiger partial charge >= 0.3 is 0 Å². The Morgan fingerprint density at radius 2 is 1.80 bits per heavy atom. The molecular formula is C21H22N4O4S. The monoisotopic (exact) mass is 426 g/mol. The molecule has 156 valence electrons. The summed E-state index contributed by atoms with van der Waals surface area (Å²) in [6.45, 7) is 2.86. The number of hydrogen-bond donors (Lipinski definition) is 0. The highest BCUT2D eigenvalue weighted by molar-refractivity contribution is 7.89. The van der Waals surface area contributed by atoms with Crippen LogP contribution >= 0.6 is 0 Å². The van der Waals surface area contributed by atoms with Crippen LogP contribution in [-0.2, 0) is 17.1 Å². The van der Waals surface area contributed by atoms with E-state index in [-0.39, 0.29) is 42.5 Å². The van der Waals surface area contributed by atoms with Crippen molar-refractivity contribution < 1.29 is 13.2 Å². The molecule has 1 aliphatic heterocycles. The molecule has 0 spiro atoms. The quantitative estimate of drug-likeness (QED) is 0.631. The van der Waals surface area contributed by atoms with Crippen LogP contribution in [0.5, 0.6) is 0 Å². The Morgan fingerprint density at radius 3 is 2.50 bits per heavy atom. The van der Waals surface area contributed by atoms with E-state index >= 15 is 0 Å². The average molecular weight is 426 g/mol. The predicted octanol–water partition coefficient (Wildman–Crippen LogP) is 1.39. The summed E-state index contributed by atoms with van der Waals surface area (Å²) in [6.07, 6.45) is 3.16. The van der Waals surface area contributed by atoms with Crippen molar-refractivity contribution in [1.29, 1.82) is 0 Å². The zero-order chi connectivity index (χ0) is 21.5. The third-order valence-corrected chi connectivity index (χ3v) is 7.22. The molecule has 3 heterocycles. The molecule has 4 rings (SSSR count). The zero-order valence-electron chi connectivity index (χ0n) is 16.8. The number of piperazine rings is 1. The first-order valence-corrected chi connectivity index (χ1v) is 11.0. The second-order valence-electron chi connectivity index (χ2n) is 7.40. The highest BCUT2D eigenvalue weighted by Crippen LogP contribution is 2.25. The minimum Gasteiger partial charge on any atom is -0.336 e. The number of nitrogens with zero attached hydrogens (tertiary/aromatic N) is 4. The summed E-state index contributed by atoms with van der Waals surface area (Å²) in [5, 5.41) is 0.777. The molecule has 0 N–H and O–H groups in total. The summed E-state index contributed by atoms with van der Waals surface area (Å²) in [5.41, 5.74) is 1.62. The molecule has 30 heavy (non-hydrogen) atoms. The van der Waals surface area contributed by atoms with Crippen LogP contribution in [0, 0.1) is 6.92 Å². The number of benzene rings is 1. The SMILES string of the molecule is Cc1cnc2c(S(=O)(=O)N3CCN(C(=O)c4ccc(=O)n(C)c4)CC3)cccc2c1. The topological polar surface area (TPSA) is 92.6 Å². The Bertz CT molecular complexity index is 1290. The standard InChI is InChI=1S/C21H22N4O4S/c1-15-12-16-4-3-5-18(20(16)22-13-15)30(28,29)25-10-8-24(9-11-25)21(27)17-6-7-19(26)23(2)14-17/h3-7,12-14H,8-11H2,1-2H3. The summed E-state index contributed by atoms with van der Waals surface area (Å²) in [5.74, 6) is -0.218. The van der Waals surface area contributed by atoms with Gasteiger partial charge in [-0.2, -0.15) is 4.31 Å². The highest BCUT2D eigenvalue weighted by atomic mass is 32.2. The first-order chi connectivity index (χ1) is 14.3. The summed E-state index contributed by atoms with van der Waals surface area (Å²) >= 11 is 0. The van der Waals surface area contributed by atoms with Gasteiger partial charge in [0.15, 0.2) is 0 Å². The van der Waals surface area contributed by atoms with Crippen LogP contribution in [0.4, 0.5) is 0 Å². The highest BCUT2D eigenvalue weighted by Gasteiger charge is 2.32. The minimum absolute atomic E-state index is 0.179. The van der Waals surface area contributed by atoms with E-state index in [0.29, 0.717) is 11.1 Å². The zero-order valence-corrected chi connectivity index (χ0v) is 17.6. The number of pyridine rings is 2. The maximum atomic E-state index is 13.3. The van der Waals surface area contributed by atoms with Crippen molar-refractivity contribution in [3.05, 3.63) is 70.3 Å². The molecule has 1 saturated heterocycles. The van der Waals surface area contributed by atoms with E-state index < -0.39 is 10.0 Å². The van der Waals surface area contributed by atoms with Crippen molar-refractivity contribution in [2.24, 2.45) is 7.05 Å². The molecule has 9 heteroatoms. The first kappa shape index (κ1) is 20.2. The largest absolute Gasteiger partial charge is 0.336 e. The summed E-state index contributed by atoms with van der Waals surface area (Å²) < 4.78 is 29.3. The fraction of sp³-hybridized carbons (Fsp3) is 0.286. The van der Waals surface area contributed by atoms with Gasteiger partial charge in [-0.1, -0.05) is 12.1 Å². The molecular weight excluding hydrogens is 404 g/mol. The van der Waals surface area contributed by atoms with E-state index in [2.05, 4.69) is 4.98 Å². The number of sulfonamides is 1. The van der Waals surface area contributed by atoms with E-state index in [1.165, 1.54) is 27.2 Å². The van der Waals surface area contributed by atoms with Gasteiger partial charge in [0, 0.05) is 57.1 Å². The second kappa shape index (κ2) is 7.66. The Labute approximate surface area is 174 Å². The van der Waals surface area contributed by atoms with Crippen LogP contribution in [0.25, 0.3) is 10.9 Å². The second-order valence-corrected chi connectivity index (χ2v) is 9.31. The molecule has 1 fully saturated rings. The molecule has 0 aliphatic carbocycles. The maximum Gasteiger partial charge on any atom is 0.255 e. The smallest absolute Gasteiger partial charge is 0.255 e. The van der Waals surface area contributed by atoms with E-state index in [1.807, 2.05) is 19.1 Å². The Balaban J connectivity index is 1.54. The lowest BCUT2D eigenvalue weighted by Gasteiger charge is -2.34. The van der Waals surface area contributed by atoms with Crippen LogP contribution in [0.15, 0.2) is 58.5 Å². The Hall–Kier alpha value is -3.04. The molecule has 3 aromatic rings. The van der Waals surface area contributed by atoms with Crippen molar-refractivity contribution in [3.8, 4) is 0 Å². The van der Waals surface area contributed by atoms with Crippen molar-refractivity contribution in [2.75, 3.05) is 26.2 Å². The normalized spacial score (nSPS) is 15.5. The number of amides is 1. The van der Waals surface area contributed by atoms with Gasteiger partial charge in [0.1, 0.15) is 4.90 Å². The number of aryl methyl sites for hydroxylation is 2. The summed E-state index contributed by atoms with van der Waals surface area (Å²) in [6, 6.07) is 9.89. The van der Waals surface area contributed by atoms with Crippen LogP contribution in [0.2, 0.25) is 0 Å². The lowest BCUT2D eigenvalue weighted by molar-refractivity contribution is 0.0697. The number of carbonyl (C=O) groups is 1. The van der Waals surface area contributed by atoms with Crippen molar-refractivity contribution >= 4 is 26.8 Å². The van der Waals surface area contributed by atoms with Crippen molar-refractivity contribution in [1.82, 2.24) is 18.8 Å². The van der Waals surface area contributed by atoms with Gasteiger partial charge in [0.25, 0.3) is 5.91 Å². The average Bonchev–Trinajstić information content (AvgIpc) is 2.74. The van der Waals surface area contributed by atoms with E-state index in [4.69, 9.17) is 0 Å². The lowest BCUT2D eigenvalue weighted by atomic mass is 10.2. The van der Waals surface area contributed by atoms with Gasteiger partial charge < -0.3 is 9.47 Å². The van der Waals surface area contributed by atoms with Crippen molar-refractivity contribution in [3.63, 3.8) is 0 Å². The number of fused-ring (bicyclic) bond motifs is 1. The summed E-state index contributed by atoms with van der Waals surface area (Å²) in [7, 11) is -2.15. The van der Waals surface area contributed by atoms with Crippen LogP contribution in [0.1, 0.15) is 15.9 Å². The molecule has 1 aromatic carbocycles. The van der Waals surface area contributed by atoms with E-state index in [1.54, 1.807) is 30.3 Å². The number of para-hydroxylation sites is 1. The lowest BCUT2D eigenvalue weighted by Crippen LogP contribution is -2.50. The molecule has 1 amide bonds. The molecule has 0 atom stereocenters. The van der Waals surface area contributed by atoms with Gasteiger partial charge in [-0.15, -0.1) is 0 Å². The number of hydrogen-bond acceptors (Lipinski definition) is 5. The number of rotatable bonds is 3. The molecule has 8 nitrogen and oxygen atoms in total. The minimum atomic E-state index is -3.74. The molecule has 0 radical (unpaired) electrons. The van der Waals surface area contributed by atoms with Gasteiger partial charge in [-0.25, -0.2) is 8.42 Å². The van der Waals surface area contributed by atoms with Gasteiger partial charge in [0.05, 0.1) is 11.1 Å². The van der Waals surface area contributed by atoms with Crippen molar-refractivity contribution in [2.45, 2.75) is 11.8 Å². The summed E-state index contributed by atoms with van der Waals surface area (Å²) in [4.78, 5) is 30.4. The fourth-order valence-electron chi connectivity index (χ4n) is 3.62. The molecule has 0 unspecified atom stereocenters. The molecule has 0 bridgehead atoms. The molecule has 0 saturated carbocycles. The number of carbonyl (C=O) groups excluding carboxylic acids is 1. The predicted molar refractivity (Wildman–Crippen MR) is 113 cm³/mol. The maximum absolute atomic E-state index is 13.3. The third-order valence-electron chi connectivity index (χ3n) is 5.29. The molecule has 1 aliphatic rings. The van der Waals surface area contributed by atoms with Gasteiger partial charge in [0.2, 0.25) is 15.6 Å². The van der Waals surface area contributed by atoms with Crippen LogP contribution in [-0.4, -0.2) is 59.3 Å².